The predicted octanol–water partition coefficient (Wildman–Crippen LogP) is 0.0843. The van der Waals surface area contributed by atoms with Gasteiger partial charge >= 0.3 is 0 Å². The summed E-state index contributed by atoms with van der Waals surface area (Å²) in [6.07, 6.45) is 0. The summed E-state index contributed by atoms with van der Waals surface area (Å²) in [4.78, 5) is 1.63. The standard InChI is InChI=1S/C16H22N4O3S/c1-12-4-5-15(10-13(12)2)24(21,22)20-8-6-19(7-9-20)11-16-18-17-14(3)23-16/h4-5,10H,6-9,11H2,1-3H3/p+1. The summed E-state index contributed by atoms with van der Waals surface area (Å²) >= 11 is 0. The van der Waals surface area contributed by atoms with Crippen LogP contribution >= 0.6 is 0 Å². The molecule has 2 heterocycles. The SMILES string of the molecule is Cc1nnc(C[NH+]2CCN(S(=O)(=O)c3ccc(C)c(C)c3)CC2)o1. The van der Waals surface area contributed by atoms with E-state index in [1.165, 1.54) is 4.90 Å². The van der Waals surface area contributed by atoms with Crippen molar-refractivity contribution in [2.75, 3.05) is 26.2 Å². The highest BCUT2D eigenvalue weighted by atomic mass is 32.2. The van der Waals surface area contributed by atoms with Gasteiger partial charge in [-0.15, -0.1) is 10.2 Å². The van der Waals surface area contributed by atoms with Crippen LogP contribution in [0.25, 0.3) is 0 Å². The minimum Gasteiger partial charge on any atom is -0.420 e. The van der Waals surface area contributed by atoms with E-state index in [2.05, 4.69) is 10.2 Å². The van der Waals surface area contributed by atoms with Gasteiger partial charge in [-0.3, -0.25) is 0 Å². The van der Waals surface area contributed by atoms with Crippen LogP contribution in [0.4, 0.5) is 0 Å². The quantitative estimate of drug-likeness (QED) is 0.844. The molecule has 2 aromatic rings. The molecule has 0 amide bonds. The smallest absolute Gasteiger partial charge is 0.271 e. The fourth-order valence-corrected chi connectivity index (χ4v) is 4.39. The number of hydrogen-bond acceptors (Lipinski definition) is 5. The molecule has 0 unspecified atom stereocenters. The Kier molecular flexibility index (Phi) is 4.71. The maximum absolute atomic E-state index is 12.8. The van der Waals surface area contributed by atoms with Crippen molar-refractivity contribution in [2.45, 2.75) is 32.2 Å². The second-order valence-electron chi connectivity index (χ2n) is 6.29. The highest BCUT2D eigenvalue weighted by Gasteiger charge is 2.31. The molecule has 8 heteroatoms. The Hall–Kier alpha value is -1.77. The number of nitrogens with one attached hydrogen (secondary N) is 1. The van der Waals surface area contributed by atoms with Gasteiger partial charge in [0, 0.05) is 6.92 Å². The minimum atomic E-state index is -3.42. The Morgan fingerprint density at radius 2 is 1.83 bits per heavy atom. The maximum atomic E-state index is 12.8. The Morgan fingerprint density at radius 1 is 1.12 bits per heavy atom. The zero-order chi connectivity index (χ0) is 17.3. The van der Waals surface area contributed by atoms with Gasteiger partial charge in [0.05, 0.1) is 31.1 Å². The van der Waals surface area contributed by atoms with Crippen LogP contribution in [0.15, 0.2) is 27.5 Å². The van der Waals surface area contributed by atoms with Crippen molar-refractivity contribution >= 4 is 10.0 Å². The van der Waals surface area contributed by atoms with Gasteiger partial charge in [0.1, 0.15) is 0 Å². The van der Waals surface area contributed by atoms with Crippen molar-refractivity contribution in [2.24, 2.45) is 0 Å². The molecule has 1 aliphatic rings. The molecule has 0 saturated carbocycles. The molecular weight excluding hydrogens is 328 g/mol. The maximum Gasteiger partial charge on any atom is 0.271 e. The molecule has 1 aromatic heterocycles. The lowest BCUT2D eigenvalue weighted by atomic mass is 10.1. The molecule has 0 radical (unpaired) electrons. The molecule has 1 aliphatic heterocycles. The normalized spacial score (nSPS) is 17.3. The van der Waals surface area contributed by atoms with Crippen molar-refractivity contribution in [3.63, 3.8) is 0 Å². The highest BCUT2D eigenvalue weighted by molar-refractivity contribution is 7.89. The van der Waals surface area contributed by atoms with Gasteiger partial charge in [0.15, 0.2) is 6.54 Å². The summed E-state index contributed by atoms with van der Waals surface area (Å²) in [7, 11) is -3.42. The Morgan fingerprint density at radius 3 is 2.42 bits per heavy atom. The summed E-state index contributed by atoms with van der Waals surface area (Å²) in [6.45, 7) is 8.76. The number of rotatable bonds is 4. The molecule has 0 aliphatic carbocycles. The minimum absolute atomic E-state index is 0.376. The summed E-state index contributed by atoms with van der Waals surface area (Å²) < 4.78 is 32.6. The van der Waals surface area contributed by atoms with Crippen LogP contribution in [-0.2, 0) is 16.6 Å². The Labute approximate surface area is 142 Å². The molecule has 24 heavy (non-hydrogen) atoms. The first-order valence-corrected chi connectivity index (χ1v) is 9.50. The molecule has 0 bridgehead atoms. The molecule has 7 nitrogen and oxygen atoms in total. The van der Waals surface area contributed by atoms with Crippen molar-refractivity contribution < 1.29 is 17.7 Å². The first-order valence-electron chi connectivity index (χ1n) is 8.06. The summed E-state index contributed by atoms with van der Waals surface area (Å²) in [5.74, 6) is 1.16. The van der Waals surface area contributed by atoms with Crippen LogP contribution in [0.2, 0.25) is 0 Å². The number of piperazine rings is 1. The van der Waals surface area contributed by atoms with E-state index in [9.17, 15) is 8.42 Å². The van der Waals surface area contributed by atoms with Crippen LogP contribution in [0.5, 0.6) is 0 Å². The second kappa shape index (κ2) is 6.62. The number of sulfonamides is 1. The molecule has 0 atom stereocenters. The fraction of sp³-hybridized carbons (Fsp3) is 0.500. The number of benzene rings is 1. The van der Waals surface area contributed by atoms with Gasteiger partial charge in [0.25, 0.3) is 5.89 Å². The zero-order valence-corrected chi connectivity index (χ0v) is 15.1. The summed E-state index contributed by atoms with van der Waals surface area (Å²) in [5, 5.41) is 7.83. The lowest BCUT2D eigenvalue weighted by molar-refractivity contribution is -0.918. The second-order valence-corrected chi connectivity index (χ2v) is 8.23. The van der Waals surface area contributed by atoms with Gasteiger partial charge < -0.3 is 9.32 Å². The topological polar surface area (TPSA) is 80.7 Å². The molecule has 1 N–H and O–H groups in total. The van der Waals surface area contributed by atoms with Gasteiger partial charge in [0.2, 0.25) is 15.9 Å². The van der Waals surface area contributed by atoms with E-state index in [0.29, 0.717) is 36.3 Å². The van der Waals surface area contributed by atoms with Crippen LogP contribution in [0, 0.1) is 20.8 Å². The molecule has 130 valence electrons. The van der Waals surface area contributed by atoms with E-state index < -0.39 is 10.0 Å². The third-order valence-corrected chi connectivity index (χ3v) is 6.41. The molecule has 1 saturated heterocycles. The van der Waals surface area contributed by atoms with Crippen LogP contribution in [0.3, 0.4) is 0 Å². The number of quaternary nitrogens is 1. The Bertz CT molecular complexity index is 824. The number of nitrogens with zero attached hydrogens (tertiary/aromatic N) is 3. The van der Waals surface area contributed by atoms with Crippen LogP contribution in [-0.4, -0.2) is 49.1 Å². The molecule has 1 fully saturated rings. The first kappa shape index (κ1) is 17.1. The predicted molar refractivity (Wildman–Crippen MR) is 88.1 cm³/mol. The van der Waals surface area contributed by atoms with E-state index in [1.807, 2.05) is 19.9 Å². The highest BCUT2D eigenvalue weighted by Crippen LogP contribution is 2.19. The molecule has 0 spiro atoms. The molecular formula is C16H23N4O3S+. The third-order valence-electron chi connectivity index (χ3n) is 4.51. The summed E-state index contributed by atoms with van der Waals surface area (Å²) in [5.41, 5.74) is 2.09. The average molecular weight is 351 g/mol. The first-order chi connectivity index (χ1) is 11.4. The molecule has 1 aromatic carbocycles. The van der Waals surface area contributed by atoms with Gasteiger partial charge in [-0.1, -0.05) is 6.07 Å². The number of aromatic nitrogens is 2. The van der Waals surface area contributed by atoms with E-state index >= 15 is 0 Å². The van der Waals surface area contributed by atoms with E-state index in [1.54, 1.807) is 23.4 Å². The number of hydrogen-bond donors (Lipinski definition) is 1. The monoisotopic (exact) mass is 351 g/mol. The van der Waals surface area contributed by atoms with Crippen LogP contribution < -0.4 is 4.90 Å². The van der Waals surface area contributed by atoms with Crippen molar-refractivity contribution in [1.29, 1.82) is 0 Å². The number of aryl methyl sites for hydroxylation is 3. The lowest BCUT2D eigenvalue weighted by Crippen LogP contribution is -3.13. The Balaban J connectivity index is 1.65. The van der Waals surface area contributed by atoms with Crippen molar-refractivity contribution in [1.82, 2.24) is 14.5 Å². The summed E-state index contributed by atoms with van der Waals surface area (Å²) in [6, 6.07) is 5.31. The van der Waals surface area contributed by atoms with E-state index in [-0.39, 0.29) is 0 Å². The van der Waals surface area contributed by atoms with Crippen molar-refractivity contribution in [3.8, 4) is 0 Å². The van der Waals surface area contributed by atoms with E-state index in [0.717, 1.165) is 24.2 Å². The fourth-order valence-electron chi connectivity index (χ4n) is 2.87. The van der Waals surface area contributed by atoms with Crippen molar-refractivity contribution in [3.05, 3.63) is 41.1 Å². The molecule has 3 rings (SSSR count). The van der Waals surface area contributed by atoms with E-state index in [4.69, 9.17) is 4.42 Å². The van der Waals surface area contributed by atoms with Gasteiger partial charge in [-0.25, -0.2) is 8.42 Å². The zero-order valence-electron chi connectivity index (χ0n) is 14.2. The van der Waals surface area contributed by atoms with Crippen LogP contribution in [0.1, 0.15) is 22.9 Å². The average Bonchev–Trinajstić information content (AvgIpc) is 2.95. The largest absolute Gasteiger partial charge is 0.420 e. The van der Waals surface area contributed by atoms with Gasteiger partial charge in [-0.05, 0) is 37.1 Å². The van der Waals surface area contributed by atoms with Gasteiger partial charge in [-0.2, -0.15) is 4.31 Å². The lowest BCUT2D eigenvalue weighted by Gasteiger charge is -2.30. The third kappa shape index (κ3) is 3.50.